The van der Waals surface area contributed by atoms with Crippen LogP contribution in [0, 0.1) is 10.1 Å². The van der Waals surface area contributed by atoms with E-state index in [-0.39, 0.29) is 17.0 Å². The predicted molar refractivity (Wildman–Crippen MR) is 99.0 cm³/mol. The molecule has 9 nitrogen and oxygen atoms in total. The molecule has 0 spiro atoms. The summed E-state index contributed by atoms with van der Waals surface area (Å²) in [5.74, 6) is -0.176. The van der Waals surface area contributed by atoms with Crippen molar-refractivity contribution in [1.29, 1.82) is 0 Å². The number of hydrogen-bond donors (Lipinski definition) is 1. The molecule has 10 heteroatoms. The van der Waals surface area contributed by atoms with Crippen molar-refractivity contribution in [1.82, 2.24) is 0 Å². The number of methoxy groups -OCH3 is 1. The quantitative estimate of drug-likeness (QED) is 0.414. The van der Waals surface area contributed by atoms with Gasteiger partial charge in [-0.25, -0.2) is 8.42 Å². The van der Waals surface area contributed by atoms with Gasteiger partial charge in [0, 0.05) is 11.3 Å². The number of ether oxygens (including phenoxy) is 2. The second-order valence-electron chi connectivity index (χ2n) is 5.67. The van der Waals surface area contributed by atoms with Crippen LogP contribution in [0.3, 0.4) is 0 Å². The molecule has 0 saturated heterocycles. The Morgan fingerprint density at radius 2 is 1.81 bits per heavy atom. The average Bonchev–Trinajstić information content (AvgIpc) is 2.60. The molecular formula is C17H18N2O7S. The molecule has 0 bridgehead atoms. The monoisotopic (exact) mass is 394 g/mol. The van der Waals surface area contributed by atoms with E-state index >= 15 is 0 Å². The van der Waals surface area contributed by atoms with Gasteiger partial charge in [0.2, 0.25) is 15.8 Å². The first-order valence-corrected chi connectivity index (χ1v) is 9.61. The SMILES string of the molecule is COc1ccc(O[C@@H](C)C(=O)c2ccc(NS(C)(=O)=O)cc2)c([N+](=O)[O-])c1. The van der Waals surface area contributed by atoms with Crippen LogP contribution in [-0.2, 0) is 10.0 Å². The van der Waals surface area contributed by atoms with Crippen molar-refractivity contribution in [3.05, 3.63) is 58.1 Å². The fraction of sp³-hybridized carbons (Fsp3) is 0.235. The summed E-state index contributed by atoms with van der Waals surface area (Å²) in [5.41, 5.74) is 0.271. The fourth-order valence-corrected chi connectivity index (χ4v) is 2.83. The van der Waals surface area contributed by atoms with Crippen LogP contribution >= 0.6 is 0 Å². The molecule has 0 fully saturated rings. The number of carbonyl (C=O) groups is 1. The molecule has 144 valence electrons. The highest BCUT2D eigenvalue weighted by atomic mass is 32.2. The Morgan fingerprint density at radius 1 is 1.19 bits per heavy atom. The lowest BCUT2D eigenvalue weighted by Gasteiger charge is -2.14. The third kappa shape index (κ3) is 5.42. The van der Waals surface area contributed by atoms with Gasteiger partial charge in [0.15, 0.2) is 11.9 Å². The second-order valence-corrected chi connectivity index (χ2v) is 7.42. The highest BCUT2D eigenvalue weighted by molar-refractivity contribution is 7.92. The maximum Gasteiger partial charge on any atom is 0.314 e. The van der Waals surface area contributed by atoms with Crippen molar-refractivity contribution in [2.45, 2.75) is 13.0 Å². The zero-order chi connectivity index (χ0) is 20.2. The van der Waals surface area contributed by atoms with Crippen LogP contribution in [0.25, 0.3) is 0 Å². The van der Waals surface area contributed by atoms with E-state index in [1.54, 1.807) is 0 Å². The molecule has 2 aromatic rings. The highest BCUT2D eigenvalue weighted by Crippen LogP contribution is 2.32. The number of rotatable bonds is 8. The summed E-state index contributed by atoms with van der Waals surface area (Å²) in [6.45, 7) is 1.47. The van der Waals surface area contributed by atoms with Crippen LogP contribution in [0.2, 0.25) is 0 Å². The van der Waals surface area contributed by atoms with Crippen molar-refractivity contribution in [2.24, 2.45) is 0 Å². The number of Topliss-reactive ketones (excluding diaryl/α,β-unsaturated/α-hetero) is 1. The topological polar surface area (TPSA) is 125 Å². The third-order valence-corrected chi connectivity index (χ3v) is 4.11. The highest BCUT2D eigenvalue weighted by Gasteiger charge is 2.23. The predicted octanol–water partition coefficient (Wildman–Crippen LogP) is 2.63. The molecule has 0 heterocycles. The van der Waals surface area contributed by atoms with Crippen molar-refractivity contribution < 1.29 is 27.6 Å². The number of hydrogen-bond acceptors (Lipinski definition) is 7. The number of nitro groups is 1. The number of nitrogens with zero attached hydrogens (tertiary/aromatic N) is 1. The minimum Gasteiger partial charge on any atom is -0.496 e. The fourth-order valence-electron chi connectivity index (χ4n) is 2.26. The second kappa shape index (κ2) is 8.04. The summed E-state index contributed by atoms with van der Waals surface area (Å²) in [7, 11) is -2.04. The molecule has 0 unspecified atom stereocenters. The summed E-state index contributed by atoms with van der Waals surface area (Å²) in [6, 6.07) is 9.83. The van der Waals surface area contributed by atoms with Crippen molar-refractivity contribution in [2.75, 3.05) is 18.1 Å². The maximum atomic E-state index is 12.5. The molecule has 1 atom stereocenters. The molecular weight excluding hydrogens is 376 g/mol. The Balaban J connectivity index is 2.17. The molecule has 1 N–H and O–H groups in total. The number of sulfonamides is 1. The largest absolute Gasteiger partial charge is 0.496 e. The molecule has 0 amide bonds. The van der Waals surface area contributed by atoms with Gasteiger partial charge in [0.25, 0.3) is 0 Å². The van der Waals surface area contributed by atoms with Crippen LogP contribution < -0.4 is 14.2 Å². The molecule has 0 aromatic heterocycles. The smallest absolute Gasteiger partial charge is 0.314 e. The maximum absolute atomic E-state index is 12.5. The van der Waals surface area contributed by atoms with Gasteiger partial charge in [-0.15, -0.1) is 0 Å². The van der Waals surface area contributed by atoms with Crippen molar-refractivity contribution in [3.63, 3.8) is 0 Å². The number of nitrogens with one attached hydrogen (secondary N) is 1. The molecule has 0 saturated carbocycles. The summed E-state index contributed by atoms with van der Waals surface area (Å²) in [6.07, 6.45) is 0.0230. The molecule has 2 rings (SSSR count). The number of ketones is 1. The molecule has 0 aliphatic carbocycles. The van der Waals surface area contributed by atoms with E-state index in [4.69, 9.17) is 9.47 Å². The van der Waals surface area contributed by atoms with E-state index in [0.717, 1.165) is 6.26 Å². The van der Waals surface area contributed by atoms with Gasteiger partial charge in [0.1, 0.15) is 5.75 Å². The molecule has 0 aliphatic rings. The number of benzene rings is 2. The minimum atomic E-state index is -3.42. The number of nitro benzene ring substituents is 1. The average molecular weight is 394 g/mol. The van der Waals surface area contributed by atoms with Crippen LogP contribution in [0.4, 0.5) is 11.4 Å². The normalized spacial score (nSPS) is 12.1. The van der Waals surface area contributed by atoms with Gasteiger partial charge < -0.3 is 9.47 Å². The van der Waals surface area contributed by atoms with Gasteiger partial charge in [-0.1, -0.05) is 0 Å². The van der Waals surface area contributed by atoms with E-state index < -0.39 is 26.8 Å². The van der Waals surface area contributed by atoms with E-state index in [1.165, 1.54) is 56.5 Å². The van der Waals surface area contributed by atoms with Gasteiger partial charge in [-0.3, -0.25) is 19.6 Å². The Morgan fingerprint density at radius 3 is 2.33 bits per heavy atom. The number of carbonyl (C=O) groups excluding carboxylic acids is 1. The van der Waals surface area contributed by atoms with Crippen LogP contribution in [0.15, 0.2) is 42.5 Å². The summed E-state index contributed by atoms with van der Waals surface area (Å²) < 4.78 is 35.1. The lowest BCUT2D eigenvalue weighted by atomic mass is 10.1. The molecule has 2 aromatic carbocycles. The Hall–Kier alpha value is -3.14. The van der Waals surface area contributed by atoms with Crippen LogP contribution in [0.1, 0.15) is 17.3 Å². The van der Waals surface area contributed by atoms with Crippen molar-refractivity contribution >= 4 is 27.2 Å². The summed E-state index contributed by atoms with van der Waals surface area (Å²) in [5, 5.41) is 11.2. The van der Waals surface area contributed by atoms with Crippen LogP contribution in [0.5, 0.6) is 11.5 Å². The van der Waals surface area contributed by atoms with E-state index in [1.807, 2.05) is 0 Å². The standard InChI is InChI=1S/C17H18N2O7S/c1-11(26-16-9-8-14(25-2)10-15(16)19(21)22)17(20)12-4-6-13(7-5-12)18-27(3,23)24/h4-11,18H,1-3H3/t11-/m0/s1. The van der Waals surface area contributed by atoms with Crippen LogP contribution in [-0.4, -0.2) is 38.6 Å². The first kappa shape index (κ1) is 20.2. The van der Waals surface area contributed by atoms with E-state index in [0.29, 0.717) is 11.4 Å². The lowest BCUT2D eigenvalue weighted by Crippen LogP contribution is -2.24. The minimum absolute atomic E-state index is 0.0583. The molecule has 0 radical (unpaired) electrons. The Kier molecular flexibility index (Phi) is 6.01. The van der Waals surface area contributed by atoms with Gasteiger partial charge >= 0.3 is 5.69 Å². The number of anilines is 1. The van der Waals surface area contributed by atoms with Gasteiger partial charge in [-0.2, -0.15) is 0 Å². The lowest BCUT2D eigenvalue weighted by molar-refractivity contribution is -0.386. The zero-order valence-corrected chi connectivity index (χ0v) is 15.6. The first-order chi connectivity index (χ1) is 12.6. The third-order valence-electron chi connectivity index (χ3n) is 3.51. The Bertz CT molecular complexity index is 956. The molecule has 27 heavy (non-hydrogen) atoms. The Labute approximate surface area is 156 Å². The first-order valence-electron chi connectivity index (χ1n) is 7.72. The van der Waals surface area contributed by atoms with Crippen molar-refractivity contribution in [3.8, 4) is 11.5 Å². The molecule has 0 aliphatic heterocycles. The summed E-state index contributed by atoms with van der Waals surface area (Å²) >= 11 is 0. The van der Waals surface area contributed by atoms with Gasteiger partial charge in [-0.05, 0) is 43.3 Å². The van der Waals surface area contributed by atoms with E-state index in [2.05, 4.69) is 4.72 Å². The van der Waals surface area contributed by atoms with E-state index in [9.17, 15) is 23.3 Å². The summed E-state index contributed by atoms with van der Waals surface area (Å²) in [4.78, 5) is 23.1. The van der Waals surface area contributed by atoms with Gasteiger partial charge in [0.05, 0.1) is 24.4 Å². The zero-order valence-electron chi connectivity index (χ0n) is 14.8.